The van der Waals surface area contributed by atoms with Gasteiger partial charge in [-0.1, -0.05) is 72.8 Å². The van der Waals surface area contributed by atoms with Crippen LogP contribution in [0.25, 0.3) is 6.08 Å². The van der Waals surface area contributed by atoms with Crippen LogP contribution >= 0.6 is 12.4 Å². The van der Waals surface area contributed by atoms with Gasteiger partial charge in [-0.05, 0) is 80.2 Å². The monoisotopic (exact) mass is 599 g/mol. The topological polar surface area (TPSA) is 53.1 Å². The number of amides is 2. The van der Waals surface area contributed by atoms with E-state index in [2.05, 4.69) is 41.3 Å². The molecule has 0 saturated carbocycles. The summed E-state index contributed by atoms with van der Waals surface area (Å²) in [6.07, 6.45) is 8.87. The van der Waals surface area contributed by atoms with Crippen LogP contribution in [0.15, 0.2) is 84.9 Å². The fourth-order valence-electron chi connectivity index (χ4n) is 7.01. The van der Waals surface area contributed by atoms with Gasteiger partial charge in [0, 0.05) is 37.2 Å². The standard InChI is InChI=1S/C36H41N3O3.ClH/c1-42-33-15-8-6-11-29(33)17-23-38-27-30(26-34(38)40)35(41)39(31-12-3-2-4-13-31)22-9-21-37-24-19-36(20-25-37)18-16-28-10-5-7-14-32(28)36;/h2-8,10-16,18,30H,9,17,19-27H2,1H3;1H. The number of para-hydroxylation sites is 2. The molecular weight excluding hydrogens is 558 g/mol. The van der Waals surface area contributed by atoms with E-state index in [0.717, 1.165) is 55.9 Å². The Labute approximate surface area is 261 Å². The van der Waals surface area contributed by atoms with Crippen molar-refractivity contribution in [3.8, 4) is 5.75 Å². The lowest BCUT2D eigenvalue weighted by Gasteiger charge is -2.39. The number of likely N-dealkylation sites (tertiary alicyclic amines) is 2. The van der Waals surface area contributed by atoms with Crippen molar-refractivity contribution in [2.45, 2.75) is 37.5 Å². The molecule has 2 saturated heterocycles. The number of rotatable bonds is 10. The van der Waals surface area contributed by atoms with Crippen molar-refractivity contribution >= 4 is 36.0 Å². The number of carbonyl (C=O) groups excluding carboxylic acids is 2. The number of ether oxygens (including phenoxy) is 1. The molecule has 0 N–H and O–H groups in total. The third kappa shape index (κ3) is 6.66. The third-order valence-electron chi connectivity index (χ3n) is 9.42. The largest absolute Gasteiger partial charge is 0.496 e. The average Bonchev–Trinajstić information content (AvgIpc) is 3.59. The first-order valence-corrected chi connectivity index (χ1v) is 15.3. The zero-order valence-electron chi connectivity index (χ0n) is 25.0. The van der Waals surface area contributed by atoms with Gasteiger partial charge >= 0.3 is 0 Å². The predicted octanol–water partition coefficient (Wildman–Crippen LogP) is 5.99. The van der Waals surface area contributed by atoms with E-state index in [9.17, 15) is 9.59 Å². The van der Waals surface area contributed by atoms with Crippen LogP contribution in [-0.2, 0) is 21.4 Å². The number of benzene rings is 3. The number of nitrogens with zero attached hydrogens (tertiary/aromatic N) is 3. The van der Waals surface area contributed by atoms with Crippen molar-refractivity contribution in [2.24, 2.45) is 5.92 Å². The minimum atomic E-state index is -0.320. The van der Waals surface area contributed by atoms with Crippen molar-refractivity contribution in [2.75, 3.05) is 51.3 Å². The van der Waals surface area contributed by atoms with E-state index in [1.807, 2.05) is 64.4 Å². The molecule has 2 amide bonds. The highest BCUT2D eigenvalue weighted by molar-refractivity contribution is 5.99. The Bertz CT molecular complexity index is 1430. The second-order valence-corrected chi connectivity index (χ2v) is 11.9. The molecule has 3 aromatic rings. The molecule has 7 heteroatoms. The normalized spacial score (nSPS) is 18.9. The van der Waals surface area contributed by atoms with Crippen molar-refractivity contribution in [3.05, 3.63) is 102 Å². The molecule has 3 aliphatic rings. The SMILES string of the molecule is COc1ccccc1CCN1CC(C(=O)N(CCCN2CCC3(C=Cc4ccccc43)CC2)c2ccccc2)CC1=O.Cl. The van der Waals surface area contributed by atoms with Gasteiger partial charge in [-0.15, -0.1) is 12.4 Å². The highest BCUT2D eigenvalue weighted by Crippen LogP contribution is 2.43. The molecule has 2 aliphatic heterocycles. The fourth-order valence-corrected chi connectivity index (χ4v) is 7.01. The second kappa shape index (κ2) is 13.8. The molecule has 6 nitrogen and oxygen atoms in total. The predicted molar refractivity (Wildman–Crippen MR) is 175 cm³/mol. The zero-order valence-corrected chi connectivity index (χ0v) is 25.8. The summed E-state index contributed by atoms with van der Waals surface area (Å²) in [5.74, 6) is 0.626. The van der Waals surface area contributed by atoms with Gasteiger partial charge in [0.25, 0.3) is 0 Å². The van der Waals surface area contributed by atoms with Gasteiger partial charge in [0.1, 0.15) is 5.75 Å². The van der Waals surface area contributed by atoms with E-state index in [1.54, 1.807) is 7.11 Å². The highest BCUT2D eigenvalue weighted by atomic mass is 35.5. The maximum Gasteiger partial charge on any atom is 0.232 e. The average molecular weight is 600 g/mol. The Morgan fingerprint density at radius 2 is 1.67 bits per heavy atom. The van der Waals surface area contributed by atoms with E-state index < -0.39 is 0 Å². The lowest BCUT2D eigenvalue weighted by Crippen LogP contribution is -2.43. The molecule has 0 radical (unpaired) electrons. The summed E-state index contributed by atoms with van der Waals surface area (Å²) in [4.78, 5) is 33.1. The molecule has 1 atom stereocenters. The highest BCUT2D eigenvalue weighted by Gasteiger charge is 2.39. The number of fused-ring (bicyclic) bond motifs is 2. The van der Waals surface area contributed by atoms with Gasteiger partial charge < -0.3 is 19.4 Å². The minimum absolute atomic E-state index is 0. The van der Waals surface area contributed by atoms with Crippen LogP contribution in [0.1, 0.15) is 42.4 Å². The zero-order chi connectivity index (χ0) is 28.9. The molecule has 226 valence electrons. The number of anilines is 1. The Kier molecular flexibility index (Phi) is 9.89. The van der Waals surface area contributed by atoms with Gasteiger partial charge in [-0.3, -0.25) is 9.59 Å². The van der Waals surface area contributed by atoms with E-state index in [4.69, 9.17) is 4.74 Å². The van der Waals surface area contributed by atoms with Gasteiger partial charge in [0.15, 0.2) is 0 Å². The summed E-state index contributed by atoms with van der Waals surface area (Å²) in [5.41, 5.74) is 5.02. The number of halogens is 1. The van der Waals surface area contributed by atoms with Crippen molar-refractivity contribution < 1.29 is 14.3 Å². The number of methoxy groups -OCH3 is 1. The molecule has 2 heterocycles. The smallest absolute Gasteiger partial charge is 0.232 e. The van der Waals surface area contributed by atoms with Gasteiger partial charge in [-0.2, -0.15) is 0 Å². The summed E-state index contributed by atoms with van der Waals surface area (Å²) < 4.78 is 5.48. The van der Waals surface area contributed by atoms with Crippen LogP contribution in [0.3, 0.4) is 0 Å². The van der Waals surface area contributed by atoms with E-state index in [-0.39, 0.29) is 42.0 Å². The maximum atomic E-state index is 13.9. The molecule has 1 aliphatic carbocycles. The van der Waals surface area contributed by atoms with Crippen LogP contribution < -0.4 is 9.64 Å². The number of hydrogen-bond acceptors (Lipinski definition) is 4. The number of piperidine rings is 1. The minimum Gasteiger partial charge on any atom is -0.496 e. The molecule has 0 bridgehead atoms. The molecule has 2 fully saturated rings. The molecule has 1 unspecified atom stereocenters. The van der Waals surface area contributed by atoms with Crippen LogP contribution in [0.2, 0.25) is 0 Å². The molecule has 0 aromatic heterocycles. The second-order valence-electron chi connectivity index (χ2n) is 11.9. The Hall–Kier alpha value is -3.61. The molecule has 6 rings (SSSR count). The van der Waals surface area contributed by atoms with Crippen molar-refractivity contribution in [3.63, 3.8) is 0 Å². The molecule has 3 aromatic carbocycles. The maximum absolute atomic E-state index is 13.9. The first-order valence-electron chi connectivity index (χ1n) is 15.3. The van der Waals surface area contributed by atoms with Crippen molar-refractivity contribution in [1.29, 1.82) is 0 Å². The first kappa shape index (κ1) is 30.8. The summed E-state index contributed by atoms with van der Waals surface area (Å²) >= 11 is 0. The van der Waals surface area contributed by atoms with Crippen molar-refractivity contribution in [1.82, 2.24) is 9.80 Å². The first-order chi connectivity index (χ1) is 20.6. The van der Waals surface area contributed by atoms with Gasteiger partial charge in [0.2, 0.25) is 11.8 Å². The van der Waals surface area contributed by atoms with Crippen LogP contribution in [0.4, 0.5) is 5.69 Å². The summed E-state index contributed by atoms with van der Waals surface area (Å²) in [5, 5.41) is 0. The van der Waals surface area contributed by atoms with Crippen LogP contribution in [0, 0.1) is 5.92 Å². The van der Waals surface area contributed by atoms with E-state index in [0.29, 0.717) is 26.1 Å². The van der Waals surface area contributed by atoms with Crippen LogP contribution in [-0.4, -0.2) is 68.0 Å². The quantitative estimate of drug-likeness (QED) is 0.287. The lowest BCUT2D eigenvalue weighted by atomic mass is 9.74. The molecular formula is C36H42ClN3O3. The number of hydrogen-bond donors (Lipinski definition) is 0. The molecule has 1 spiro atoms. The summed E-state index contributed by atoms with van der Waals surface area (Å²) in [6.45, 7) is 4.81. The Morgan fingerprint density at radius 1 is 0.953 bits per heavy atom. The summed E-state index contributed by atoms with van der Waals surface area (Å²) in [6, 6.07) is 26.6. The van der Waals surface area contributed by atoms with E-state index in [1.165, 1.54) is 11.1 Å². The van der Waals surface area contributed by atoms with Crippen LogP contribution in [0.5, 0.6) is 5.75 Å². The van der Waals surface area contributed by atoms with E-state index >= 15 is 0 Å². The van der Waals surface area contributed by atoms with Gasteiger partial charge in [0.05, 0.1) is 13.0 Å². The fraction of sp³-hybridized carbons (Fsp3) is 0.389. The summed E-state index contributed by atoms with van der Waals surface area (Å²) in [7, 11) is 1.67. The number of allylic oxidation sites excluding steroid dienone is 1. The Morgan fingerprint density at radius 3 is 2.47 bits per heavy atom. The Balaban J connectivity index is 0.00000368. The van der Waals surface area contributed by atoms with Gasteiger partial charge in [-0.25, -0.2) is 0 Å². The third-order valence-corrected chi connectivity index (χ3v) is 9.42. The molecule has 43 heavy (non-hydrogen) atoms. The number of carbonyl (C=O) groups is 2. The lowest BCUT2D eigenvalue weighted by molar-refractivity contribution is -0.128.